The van der Waals surface area contributed by atoms with E-state index >= 15 is 8.78 Å². The van der Waals surface area contributed by atoms with Gasteiger partial charge in [0.2, 0.25) is 46.7 Å². The number of pyridine rings is 2. The maximum atomic E-state index is 15.1. The quantitative estimate of drug-likeness (QED) is 0.0502. The van der Waals surface area contributed by atoms with Gasteiger partial charge in [0.25, 0.3) is 21.1 Å². The van der Waals surface area contributed by atoms with E-state index in [9.17, 15) is 74.7 Å². The summed E-state index contributed by atoms with van der Waals surface area (Å²) in [5.74, 6) is -17.3. The van der Waals surface area contributed by atoms with Crippen LogP contribution < -0.4 is 35.2 Å². The predicted octanol–water partition coefficient (Wildman–Crippen LogP) is 11.8. The zero-order chi connectivity index (χ0) is 62.6. The topological polar surface area (TPSA) is 230 Å². The fourth-order valence-corrected chi connectivity index (χ4v) is 11.0. The number of benzene rings is 5. The monoisotopic (exact) mass is 1280 g/mol. The molecule has 0 unspecified atom stereocenters. The van der Waals surface area contributed by atoms with Gasteiger partial charge in [0.05, 0.1) is 52.4 Å². The van der Waals surface area contributed by atoms with Gasteiger partial charge < -0.3 is 19.4 Å². The summed E-state index contributed by atoms with van der Waals surface area (Å²) in [5, 5.41) is 0.189. The molecule has 0 radical (unpaired) electrons. The Labute approximate surface area is 490 Å². The molecule has 2 fully saturated rings. The van der Waals surface area contributed by atoms with E-state index in [1.807, 2.05) is 0 Å². The van der Waals surface area contributed by atoms with Gasteiger partial charge in [0.15, 0.2) is 0 Å². The number of methoxy groups -OCH3 is 2. The molecule has 2 aliphatic carbocycles. The molecule has 5 aromatic carbocycles. The van der Waals surface area contributed by atoms with Crippen LogP contribution in [0.5, 0.6) is 17.2 Å². The highest BCUT2D eigenvalue weighted by Crippen LogP contribution is 2.61. The van der Waals surface area contributed by atoms with Crippen LogP contribution in [0.15, 0.2) is 141 Å². The van der Waals surface area contributed by atoms with Crippen LogP contribution >= 0.6 is 0 Å². The highest BCUT2D eigenvalue weighted by atomic mass is 32.2. The number of nitrogens with one attached hydrogen (secondary N) is 1. The van der Waals surface area contributed by atoms with Crippen molar-refractivity contribution < 1.29 is 87.6 Å². The highest BCUT2D eigenvalue weighted by Gasteiger charge is 2.66. The minimum absolute atomic E-state index is 0. The summed E-state index contributed by atoms with van der Waals surface area (Å²) < 4.78 is 250. The van der Waals surface area contributed by atoms with Crippen molar-refractivity contribution in [1.82, 2.24) is 29.1 Å². The zero-order valence-electron chi connectivity index (χ0n) is 43.5. The van der Waals surface area contributed by atoms with Crippen LogP contribution in [0.2, 0.25) is 0 Å². The number of rotatable bonds is 12. The van der Waals surface area contributed by atoms with Crippen molar-refractivity contribution in [2.45, 2.75) is 73.5 Å². The third-order valence-corrected chi connectivity index (χ3v) is 16.2. The number of fused-ring (bicyclic) bond motifs is 2. The third kappa shape index (κ3) is 12.3. The van der Waals surface area contributed by atoms with Crippen LogP contribution in [0.1, 0.15) is 51.7 Å². The first-order valence-corrected chi connectivity index (χ1v) is 27.3. The normalized spacial score (nSPS) is 14.0. The SMILES string of the molecule is C.C.COc1cc(C2(C(F)(F)F)CC2)c(F)cc1-n1c(=O)ccc2cc(S(=O)(=O)Nc3ncccn3)ccc21.COc1cc(C2(C(F)(F)F)CC2)c(F)cc1-n1c(=O)ccc2cc(S(=O)(=O)Oc3c(F)c(F)c(F)c(F)c3F)ccc21.Nc1ncccn1. The lowest BCUT2D eigenvalue weighted by molar-refractivity contribution is -0.161. The standard InChI is InChI=1S/C26H14F9NO5S.C24H18F4N4O4S.C4H5N3.2CH4/c1-40-17-9-13(25(6-7-25)26(33,34)35)14(27)10-16(17)36-15-4-3-12(8-11(15)2-5-18(36)37)42(38,39)41-24-22(31)20(29)19(28)21(30)23(24)32;1-36-20-12-16(23(7-8-23)24(26,27)28)17(25)13-19(20)32-18-5-4-15(11-14(18)3-6-21(32)33)37(34,35)31-22-29-9-2-10-30-22;5-4-6-2-1-3-7-4;;/h2-5,8-10H,6-7H2,1H3;2-6,9-13H,7-8H2,1H3,(H,29,30,31);1-3H,(H2,5,6,7);2*1H4. The van der Waals surface area contributed by atoms with Crippen molar-refractivity contribution >= 4 is 53.8 Å². The number of nitrogens with zero attached hydrogens (tertiary/aromatic N) is 6. The van der Waals surface area contributed by atoms with Crippen LogP contribution in [-0.2, 0) is 31.0 Å². The second-order valence-corrected chi connectivity index (χ2v) is 22.1. The van der Waals surface area contributed by atoms with Gasteiger partial charge in [-0.15, -0.1) is 0 Å². The summed E-state index contributed by atoms with van der Waals surface area (Å²) >= 11 is 0. The summed E-state index contributed by atoms with van der Waals surface area (Å²) in [4.78, 5) is 39.6. The number of anilines is 2. The van der Waals surface area contributed by atoms with Crippen LogP contribution in [-0.4, -0.2) is 72.5 Å². The van der Waals surface area contributed by atoms with Crippen molar-refractivity contribution in [2.24, 2.45) is 0 Å². The molecule has 4 aromatic heterocycles. The minimum Gasteiger partial charge on any atom is -0.495 e. The average molecular weight is 1290 g/mol. The maximum absolute atomic E-state index is 15.1. The Morgan fingerprint density at radius 3 is 1.30 bits per heavy atom. The lowest BCUT2D eigenvalue weighted by Gasteiger charge is -2.22. The first kappa shape index (κ1) is 66.2. The number of aromatic nitrogens is 6. The molecule has 4 heterocycles. The number of halogens is 13. The van der Waals surface area contributed by atoms with Gasteiger partial charge in [0, 0.05) is 71.0 Å². The molecule has 17 nitrogen and oxygen atoms in total. The van der Waals surface area contributed by atoms with Gasteiger partial charge in [-0.3, -0.25) is 18.7 Å². The Hall–Kier alpha value is -9.33. The van der Waals surface area contributed by atoms with Crippen LogP contribution in [0, 0.1) is 40.7 Å². The molecule has 11 rings (SSSR count). The van der Waals surface area contributed by atoms with Crippen molar-refractivity contribution in [3.8, 4) is 28.6 Å². The number of nitrogen functional groups attached to an aromatic ring is 1. The van der Waals surface area contributed by atoms with Gasteiger partial charge in [-0.05, 0) is 98.5 Å². The largest absolute Gasteiger partial charge is 0.495 e. The van der Waals surface area contributed by atoms with Crippen molar-refractivity contribution in [2.75, 3.05) is 24.7 Å². The zero-order valence-corrected chi connectivity index (χ0v) is 45.2. The van der Waals surface area contributed by atoms with E-state index in [0.29, 0.717) is 12.0 Å². The molecule has 32 heteroatoms. The van der Waals surface area contributed by atoms with Gasteiger partial charge in [-0.25, -0.2) is 55.0 Å². The van der Waals surface area contributed by atoms with E-state index in [1.54, 1.807) is 18.5 Å². The lowest BCUT2D eigenvalue weighted by Crippen LogP contribution is -2.30. The first-order chi connectivity index (χ1) is 40.4. The summed E-state index contributed by atoms with van der Waals surface area (Å²) in [6.45, 7) is 0. The maximum Gasteiger partial charge on any atom is 0.398 e. The smallest absolute Gasteiger partial charge is 0.398 e. The van der Waals surface area contributed by atoms with Gasteiger partial charge >= 0.3 is 22.5 Å². The highest BCUT2D eigenvalue weighted by molar-refractivity contribution is 7.92. The van der Waals surface area contributed by atoms with Gasteiger partial charge in [0.1, 0.15) is 28.0 Å². The van der Waals surface area contributed by atoms with Gasteiger partial charge in [-0.2, -0.15) is 43.5 Å². The molecular formula is C56H45F13N8O9S2. The fraction of sp³-hybridized carbons (Fsp3) is 0.214. The van der Waals surface area contributed by atoms with Crippen molar-refractivity contribution in [3.63, 3.8) is 0 Å². The van der Waals surface area contributed by atoms with Crippen LogP contribution in [0.4, 0.5) is 69.0 Å². The average Bonchev–Trinajstić information content (AvgIpc) is 1.53. The van der Waals surface area contributed by atoms with Gasteiger partial charge in [-0.1, -0.05) is 14.9 Å². The Bertz CT molecular complexity index is 4490. The lowest BCUT2D eigenvalue weighted by atomic mass is 9.94. The number of hydrogen-bond acceptors (Lipinski definition) is 14. The number of sulfonamides is 1. The summed E-state index contributed by atoms with van der Waals surface area (Å²) in [5.41, 5.74) is -2.64. The van der Waals surface area contributed by atoms with E-state index in [0.717, 1.165) is 70.8 Å². The van der Waals surface area contributed by atoms with E-state index in [2.05, 4.69) is 28.8 Å². The summed E-state index contributed by atoms with van der Waals surface area (Å²) in [7, 11) is -7.07. The number of hydrogen-bond donors (Lipinski definition) is 2. The molecule has 2 saturated carbocycles. The first-order valence-electron chi connectivity index (χ1n) is 24.4. The van der Waals surface area contributed by atoms with Crippen LogP contribution in [0.3, 0.4) is 0 Å². The molecule has 0 spiro atoms. The van der Waals surface area contributed by atoms with E-state index in [-0.39, 0.29) is 96.1 Å². The van der Waals surface area contributed by atoms with E-state index in [4.69, 9.17) is 15.2 Å². The van der Waals surface area contributed by atoms with Crippen LogP contribution in [0.25, 0.3) is 33.2 Å². The molecule has 0 saturated heterocycles. The summed E-state index contributed by atoms with van der Waals surface area (Å²) in [6.07, 6.45) is -4.67. The Morgan fingerprint density at radius 1 is 0.534 bits per heavy atom. The fourth-order valence-electron chi connectivity index (χ4n) is 9.08. The summed E-state index contributed by atoms with van der Waals surface area (Å²) in [6, 6.07) is 17.4. The minimum atomic E-state index is -5.25. The molecule has 2 aliphatic rings. The number of nitrogens with two attached hydrogens (primary N) is 1. The second kappa shape index (κ2) is 24.4. The Kier molecular flexibility index (Phi) is 18.4. The van der Waals surface area contributed by atoms with Crippen molar-refractivity contribution in [3.05, 3.63) is 194 Å². The molecule has 466 valence electrons. The molecule has 0 amide bonds. The molecule has 88 heavy (non-hydrogen) atoms. The molecule has 0 atom stereocenters. The number of alkyl halides is 6. The molecule has 3 N–H and O–H groups in total. The number of ether oxygens (including phenoxy) is 2. The van der Waals surface area contributed by atoms with E-state index < -0.39 is 117 Å². The molecular weight excluding hydrogens is 1240 g/mol. The second-order valence-electron chi connectivity index (χ2n) is 18.8. The Morgan fingerprint density at radius 2 is 0.920 bits per heavy atom. The molecule has 9 aromatic rings. The Balaban J connectivity index is 0.000000222. The van der Waals surface area contributed by atoms with Crippen molar-refractivity contribution in [1.29, 1.82) is 0 Å². The molecule has 0 bridgehead atoms. The van der Waals surface area contributed by atoms with E-state index in [1.165, 1.54) is 49.8 Å². The predicted molar refractivity (Wildman–Crippen MR) is 293 cm³/mol. The molecule has 0 aliphatic heterocycles. The third-order valence-electron chi connectivity index (χ3n) is 13.7.